The van der Waals surface area contributed by atoms with E-state index < -0.39 is 6.10 Å². The molecule has 92 valence electrons. The topological polar surface area (TPSA) is 51.2 Å². The molecule has 0 saturated heterocycles. The van der Waals surface area contributed by atoms with Crippen LogP contribution >= 0.6 is 0 Å². The number of benzene rings is 1. The van der Waals surface area contributed by atoms with Gasteiger partial charge in [0.15, 0.2) is 0 Å². The van der Waals surface area contributed by atoms with Gasteiger partial charge in [-0.2, -0.15) is 0 Å². The van der Waals surface area contributed by atoms with E-state index in [-0.39, 0.29) is 6.54 Å². The van der Waals surface area contributed by atoms with E-state index in [4.69, 9.17) is 5.73 Å². The molecule has 1 unspecified atom stereocenters. The quantitative estimate of drug-likeness (QED) is 0.851. The zero-order chi connectivity index (χ0) is 12.6. The van der Waals surface area contributed by atoms with Crippen molar-refractivity contribution in [2.24, 2.45) is 12.8 Å². The van der Waals surface area contributed by atoms with Crippen LogP contribution in [0, 0.1) is 6.92 Å². The number of hydrogen-bond acceptors (Lipinski definition) is 2. The minimum Gasteiger partial charge on any atom is -0.387 e. The first-order valence-electron chi connectivity index (χ1n) is 6.06. The van der Waals surface area contributed by atoms with E-state index in [2.05, 4.69) is 23.6 Å². The molecule has 0 aliphatic rings. The minimum atomic E-state index is -0.578. The molecule has 0 amide bonds. The van der Waals surface area contributed by atoms with Crippen molar-refractivity contribution >= 4 is 10.9 Å². The Labute approximate surface area is 102 Å². The highest BCUT2D eigenvalue weighted by Crippen LogP contribution is 2.31. The number of hydrogen-bond donors (Lipinski definition) is 2. The predicted molar refractivity (Wildman–Crippen MR) is 71.0 cm³/mol. The molecule has 0 spiro atoms. The molecule has 2 aromatic rings. The lowest BCUT2D eigenvalue weighted by Gasteiger charge is -2.08. The first kappa shape index (κ1) is 12.1. The summed E-state index contributed by atoms with van der Waals surface area (Å²) in [6.45, 7) is 4.44. The van der Waals surface area contributed by atoms with Gasteiger partial charge >= 0.3 is 0 Å². The molecule has 3 N–H and O–H groups in total. The number of nitrogens with zero attached hydrogens (tertiary/aromatic N) is 1. The van der Waals surface area contributed by atoms with E-state index in [1.807, 2.05) is 20.0 Å². The zero-order valence-electron chi connectivity index (χ0n) is 10.7. The molecule has 0 aliphatic carbocycles. The lowest BCUT2D eigenvalue weighted by atomic mass is 10.0. The number of rotatable bonds is 3. The average molecular weight is 232 g/mol. The summed E-state index contributed by atoms with van der Waals surface area (Å²) in [5.74, 6) is 0. The van der Waals surface area contributed by atoms with Crippen molar-refractivity contribution in [1.29, 1.82) is 0 Å². The number of aliphatic hydroxyl groups is 1. The Morgan fingerprint density at radius 2 is 2.12 bits per heavy atom. The first-order chi connectivity index (χ1) is 8.11. The standard InChI is InChI=1S/C14H20N2O/c1-4-10-6-5-7-11-13(12(17)8-15)9(2)16(3)14(10)11/h5-7,12,17H,4,8,15H2,1-3H3. The van der Waals surface area contributed by atoms with E-state index >= 15 is 0 Å². The van der Waals surface area contributed by atoms with E-state index in [0.29, 0.717) is 0 Å². The highest BCUT2D eigenvalue weighted by molar-refractivity contribution is 5.88. The van der Waals surface area contributed by atoms with Crippen LogP contribution in [0.5, 0.6) is 0 Å². The van der Waals surface area contributed by atoms with E-state index in [0.717, 1.165) is 23.1 Å². The highest BCUT2D eigenvalue weighted by Gasteiger charge is 2.18. The molecule has 3 heteroatoms. The van der Waals surface area contributed by atoms with Crippen LogP contribution in [-0.4, -0.2) is 16.2 Å². The molecule has 1 heterocycles. The van der Waals surface area contributed by atoms with Crippen LogP contribution in [0.3, 0.4) is 0 Å². The molecule has 17 heavy (non-hydrogen) atoms. The van der Waals surface area contributed by atoms with Crippen molar-refractivity contribution in [3.05, 3.63) is 35.0 Å². The van der Waals surface area contributed by atoms with E-state index in [9.17, 15) is 5.11 Å². The molecule has 2 rings (SSSR count). The number of fused-ring (bicyclic) bond motifs is 1. The van der Waals surface area contributed by atoms with Gasteiger partial charge in [0.1, 0.15) is 0 Å². The van der Waals surface area contributed by atoms with Gasteiger partial charge in [-0.15, -0.1) is 0 Å². The Morgan fingerprint density at radius 1 is 1.41 bits per heavy atom. The smallest absolute Gasteiger partial charge is 0.0935 e. The fraction of sp³-hybridized carbons (Fsp3) is 0.429. The third kappa shape index (κ3) is 1.75. The molecule has 0 bridgehead atoms. The van der Waals surface area contributed by atoms with Gasteiger partial charge < -0.3 is 15.4 Å². The minimum absolute atomic E-state index is 0.260. The van der Waals surface area contributed by atoms with Gasteiger partial charge in [0.05, 0.1) is 11.6 Å². The number of nitrogens with two attached hydrogens (primary N) is 1. The Kier molecular flexibility index (Phi) is 3.22. The van der Waals surface area contributed by atoms with Crippen molar-refractivity contribution in [2.45, 2.75) is 26.4 Å². The van der Waals surface area contributed by atoms with Gasteiger partial charge in [-0.1, -0.05) is 25.1 Å². The van der Waals surface area contributed by atoms with Crippen LogP contribution in [0.15, 0.2) is 18.2 Å². The van der Waals surface area contributed by atoms with Crippen molar-refractivity contribution in [3.63, 3.8) is 0 Å². The van der Waals surface area contributed by atoms with Gasteiger partial charge in [0, 0.05) is 30.2 Å². The van der Waals surface area contributed by atoms with Gasteiger partial charge in [0.25, 0.3) is 0 Å². The van der Waals surface area contributed by atoms with E-state index in [1.54, 1.807) is 0 Å². The second-order valence-corrected chi connectivity index (χ2v) is 4.48. The van der Waals surface area contributed by atoms with Crippen molar-refractivity contribution in [1.82, 2.24) is 4.57 Å². The van der Waals surface area contributed by atoms with Gasteiger partial charge in [-0.05, 0) is 18.9 Å². The van der Waals surface area contributed by atoms with E-state index in [1.165, 1.54) is 11.1 Å². The Hall–Kier alpha value is -1.32. The van der Waals surface area contributed by atoms with Gasteiger partial charge in [-0.3, -0.25) is 0 Å². The molecule has 0 radical (unpaired) electrons. The third-order valence-electron chi connectivity index (χ3n) is 3.58. The SMILES string of the molecule is CCc1cccc2c(C(O)CN)c(C)n(C)c12. The summed E-state index contributed by atoms with van der Waals surface area (Å²) in [6.07, 6.45) is 0.415. The lowest BCUT2D eigenvalue weighted by Crippen LogP contribution is -2.12. The molecular weight excluding hydrogens is 212 g/mol. The average Bonchev–Trinajstić information content (AvgIpc) is 2.61. The maximum absolute atomic E-state index is 10.0. The Morgan fingerprint density at radius 3 is 2.71 bits per heavy atom. The summed E-state index contributed by atoms with van der Waals surface area (Å²) in [6, 6.07) is 6.25. The normalized spacial score (nSPS) is 13.2. The highest BCUT2D eigenvalue weighted by atomic mass is 16.3. The summed E-state index contributed by atoms with van der Waals surface area (Å²) in [5, 5.41) is 11.2. The number of aliphatic hydroxyl groups excluding tert-OH is 1. The molecular formula is C14H20N2O. The summed E-state index contributed by atoms with van der Waals surface area (Å²) < 4.78 is 2.16. The molecule has 0 saturated carbocycles. The van der Waals surface area contributed by atoms with Crippen molar-refractivity contribution < 1.29 is 5.11 Å². The molecule has 1 atom stereocenters. The van der Waals surface area contributed by atoms with Crippen LogP contribution in [0.2, 0.25) is 0 Å². The predicted octanol–water partition coefficient (Wildman–Crippen LogP) is 2.04. The second kappa shape index (κ2) is 4.51. The van der Waals surface area contributed by atoms with Crippen LogP contribution < -0.4 is 5.73 Å². The Bertz CT molecular complexity index is 543. The zero-order valence-corrected chi connectivity index (χ0v) is 10.7. The molecule has 3 nitrogen and oxygen atoms in total. The molecule has 1 aromatic carbocycles. The fourth-order valence-corrected chi connectivity index (χ4v) is 2.57. The third-order valence-corrected chi connectivity index (χ3v) is 3.58. The Balaban J connectivity index is 2.82. The van der Waals surface area contributed by atoms with Crippen LogP contribution in [-0.2, 0) is 13.5 Å². The summed E-state index contributed by atoms with van der Waals surface area (Å²) >= 11 is 0. The van der Waals surface area contributed by atoms with Crippen LogP contribution in [0.25, 0.3) is 10.9 Å². The summed E-state index contributed by atoms with van der Waals surface area (Å²) in [5.41, 5.74) is 10.2. The lowest BCUT2D eigenvalue weighted by molar-refractivity contribution is 0.187. The maximum atomic E-state index is 10.0. The van der Waals surface area contributed by atoms with Crippen LogP contribution in [0.4, 0.5) is 0 Å². The maximum Gasteiger partial charge on any atom is 0.0935 e. The molecule has 1 aromatic heterocycles. The van der Waals surface area contributed by atoms with Gasteiger partial charge in [-0.25, -0.2) is 0 Å². The fourth-order valence-electron chi connectivity index (χ4n) is 2.57. The summed E-state index contributed by atoms with van der Waals surface area (Å²) in [7, 11) is 2.05. The van der Waals surface area contributed by atoms with Crippen LogP contribution in [0.1, 0.15) is 29.8 Å². The monoisotopic (exact) mass is 232 g/mol. The van der Waals surface area contributed by atoms with Crippen molar-refractivity contribution in [3.8, 4) is 0 Å². The number of aromatic nitrogens is 1. The second-order valence-electron chi connectivity index (χ2n) is 4.48. The molecule has 0 fully saturated rings. The first-order valence-corrected chi connectivity index (χ1v) is 6.06. The number of aryl methyl sites for hydroxylation is 2. The summed E-state index contributed by atoms with van der Waals surface area (Å²) in [4.78, 5) is 0. The van der Waals surface area contributed by atoms with Gasteiger partial charge in [0.2, 0.25) is 0 Å². The number of para-hydroxylation sites is 1. The van der Waals surface area contributed by atoms with Crippen molar-refractivity contribution in [2.75, 3.05) is 6.54 Å². The molecule has 0 aliphatic heterocycles. The largest absolute Gasteiger partial charge is 0.387 e.